The van der Waals surface area contributed by atoms with E-state index in [-0.39, 0.29) is 0 Å². The summed E-state index contributed by atoms with van der Waals surface area (Å²) >= 11 is 0. The molecule has 1 N–H and O–H groups in total. The molecule has 18 heavy (non-hydrogen) atoms. The fraction of sp³-hybridized carbons (Fsp3) is 0.625. The van der Waals surface area contributed by atoms with E-state index >= 15 is 0 Å². The molecule has 1 saturated carbocycles. The van der Waals surface area contributed by atoms with Gasteiger partial charge < -0.3 is 9.84 Å². The molecule has 0 spiro atoms. The molecular weight excluding hydrogens is 224 g/mol. The van der Waals surface area contributed by atoms with E-state index in [2.05, 4.69) is 26.0 Å². The van der Waals surface area contributed by atoms with E-state index in [9.17, 15) is 5.11 Å². The number of hydrogen-bond donors (Lipinski definition) is 1. The van der Waals surface area contributed by atoms with Crippen molar-refractivity contribution in [2.24, 2.45) is 5.92 Å². The molecule has 0 heterocycles. The van der Waals surface area contributed by atoms with Gasteiger partial charge in [0.25, 0.3) is 0 Å². The fourth-order valence-corrected chi connectivity index (χ4v) is 2.88. The molecule has 0 amide bonds. The Morgan fingerprint density at radius 3 is 2.61 bits per heavy atom. The van der Waals surface area contributed by atoms with E-state index in [0.29, 0.717) is 6.42 Å². The Bertz CT molecular complexity index is 404. The summed E-state index contributed by atoms with van der Waals surface area (Å²) in [6, 6.07) is 6.18. The lowest BCUT2D eigenvalue weighted by Crippen LogP contribution is -2.35. The first-order valence-electron chi connectivity index (χ1n) is 6.88. The number of methoxy groups -OCH3 is 1. The zero-order valence-corrected chi connectivity index (χ0v) is 11.7. The van der Waals surface area contributed by atoms with Crippen LogP contribution >= 0.6 is 0 Å². The maximum absolute atomic E-state index is 10.7. The van der Waals surface area contributed by atoms with Crippen LogP contribution < -0.4 is 4.74 Å². The van der Waals surface area contributed by atoms with Crippen LogP contribution in [-0.2, 0) is 6.42 Å². The molecule has 1 fully saturated rings. The second-order valence-electron chi connectivity index (χ2n) is 5.90. The van der Waals surface area contributed by atoms with Crippen molar-refractivity contribution in [3.05, 3.63) is 29.3 Å². The van der Waals surface area contributed by atoms with E-state index in [1.54, 1.807) is 7.11 Å². The average molecular weight is 248 g/mol. The average Bonchev–Trinajstić information content (AvgIpc) is 2.34. The van der Waals surface area contributed by atoms with Crippen LogP contribution in [0.25, 0.3) is 0 Å². The molecule has 0 bridgehead atoms. The monoisotopic (exact) mass is 248 g/mol. The lowest BCUT2D eigenvalue weighted by molar-refractivity contribution is -0.00708. The first-order valence-corrected chi connectivity index (χ1v) is 6.88. The summed E-state index contributed by atoms with van der Waals surface area (Å²) in [6.45, 7) is 4.35. The highest BCUT2D eigenvalue weighted by molar-refractivity contribution is 5.37. The summed E-state index contributed by atoms with van der Waals surface area (Å²) in [5.74, 6) is 1.65. The van der Waals surface area contributed by atoms with Crippen molar-refractivity contribution < 1.29 is 9.84 Å². The van der Waals surface area contributed by atoms with Gasteiger partial charge in [0.05, 0.1) is 12.7 Å². The minimum Gasteiger partial charge on any atom is -0.496 e. The third kappa shape index (κ3) is 3.05. The smallest absolute Gasteiger partial charge is 0.122 e. The summed E-state index contributed by atoms with van der Waals surface area (Å²) in [6.07, 6.45) is 4.79. The van der Waals surface area contributed by atoms with Gasteiger partial charge in [0.1, 0.15) is 5.75 Å². The Balaban J connectivity index is 2.15. The van der Waals surface area contributed by atoms with Crippen molar-refractivity contribution in [2.45, 2.75) is 51.6 Å². The first kappa shape index (κ1) is 13.4. The zero-order chi connectivity index (χ0) is 13.2. The summed E-state index contributed by atoms with van der Waals surface area (Å²) in [5, 5.41) is 10.7. The Hall–Kier alpha value is -1.02. The maximum Gasteiger partial charge on any atom is 0.122 e. The predicted octanol–water partition coefficient (Wildman–Crippen LogP) is 3.49. The molecule has 1 aromatic carbocycles. The molecule has 2 nitrogen and oxygen atoms in total. The zero-order valence-electron chi connectivity index (χ0n) is 11.7. The van der Waals surface area contributed by atoms with Crippen LogP contribution in [0.5, 0.6) is 5.75 Å². The number of benzene rings is 1. The third-order valence-corrected chi connectivity index (χ3v) is 4.16. The molecule has 0 unspecified atom stereocenters. The van der Waals surface area contributed by atoms with Gasteiger partial charge in [-0.1, -0.05) is 24.6 Å². The second-order valence-corrected chi connectivity index (χ2v) is 5.90. The highest BCUT2D eigenvalue weighted by atomic mass is 16.5. The molecule has 1 aromatic rings. The predicted molar refractivity (Wildman–Crippen MR) is 74.0 cm³/mol. The summed E-state index contributed by atoms with van der Waals surface area (Å²) in [5.41, 5.74) is 1.82. The van der Waals surface area contributed by atoms with E-state index in [0.717, 1.165) is 42.9 Å². The SMILES string of the molecule is COc1ccc(C)cc1CC1(O)CCC(C)CC1. The second kappa shape index (κ2) is 5.31. The fourth-order valence-electron chi connectivity index (χ4n) is 2.88. The van der Waals surface area contributed by atoms with Crippen LogP contribution in [0.4, 0.5) is 0 Å². The van der Waals surface area contributed by atoms with Gasteiger partial charge in [0, 0.05) is 6.42 Å². The van der Waals surface area contributed by atoms with E-state index in [1.807, 2.05) is 6.07 Å². The Kier molecular flexibility index (Phi) is 3.96. The van der Waals surface area contributed by atoms with Crippen molar-refractivity contribution in [3.8, 4) is 5.75 Å². The molecule has 1 aliphatic rings. The normalized spacial score (nSPS) is 28.1. The molecule has 0 radical (unpaired) electrons. The number of rotatable bonds is 3. The van der Waals surface area contributed by atoms with Crippen LogP contribution in [0.2, 0.25) is 0 Å². The molecule has 100 valence electrons. The van der Waals surface area contributed by atoms with Crippen LogP contribution in [-0.4, -0.2) is 17.8 Å². The molecular formula is C16H24O2. The van der Waals surface area contributed by atoms with Gasteiger partial charge >= 0.3 is 0 Å². The van der Waals surface area contributed by atoms with Crippen LogP contribution in [0.15, 0.2) is 18.2 Å². The lowest BCUT2D eigenvalue weighted by atomic mass is 9.76. The van der Waals surface area contributed by atoms with Gasteiger partial charge in [0.15, 0.2) is 0 Å². The largest absolute Gasteiger partial charge is 0.496 e. The van der Waals surface area contributed by atoms with Gasteiger partial charge in [-0.2, -0.15) is 0 Å². The Morgan fingerprint density at radius 2 is 2.00 bits per heavy atom. The van der Waals surface area contributed by atoms with Crippen LogP contribution in [0, 0.1) is 12.8 Å². The van der Waals surface area contributed by atoms with Crippen molar-refractivity contribution in [1.82, 2.24) is 0 Å². The van der Waals surface area contributed by atoms with Crippen molar-refractivity contribution in [3.63, 3.8) is 0 Å². The van der Waals surface area contributed by atoms with Crippen molar-refractivity contribution >= 4 is 0 Å². The lowest BCUT2D eigenvalue weighted by Gasteiger charge is -2.35. The Labute approximate surface area is 110 Å². The third-order valence-electron chi connectivity index (χ3n) is 4.16. The number of ether oxygens (including phenoxy) is 1. The van der Waals surface area contributed by atoms with Gasteiger partial charge in [0.2, 0.25) is 0 Å². The first-order chi connectivity index (χ1) is 8.52. The van der Waals surface area contributed by atoms with E-state index in [4.69, 9.17) is 4.74 Å². The number of aryl methyl sites for hydroxylation is 1. The number of aliphatic hydroxyl groups is 1. The van der Waals surface area contributed by atoms with Gasteiger partial charge in [-0.3, -0.25) is 0 Å². The van der Waals surface area contributed by atoms with Crippen molar-refractivity contribution in [1.29, 1.82) is 0 Å². The van der Waals surface area contributed by atoms with Crippen LogP contribution in [0.1, 0.15) is 43.7 Å². The maximum atomic E-state index is 10.7. The summed E-state index contributed by atoms with van der Waals surface area (Å²) < 4.78 is 5.40. The van der Waals surface area contributed by atoms with Gasteiger partial charge in [-0.15, -0.1) is 0 Å². The molecule has 0 aliphatic heterocycles. The van der Waals surface area contributed by atoms with E-state index in [1.165, 1.54) is 5.56 Å². The highest BCUT2D eigenvalue weighted by Gasteiger charge is 2.32. The molecule has 2 heteroatoms. The summed E-state index contributed by atoms with van der Waals surface area (Å²) in [4.78, 5) is 0. The number of hydrogen-bond acceptors (Lipinski definition) is 2. The molecule has 0 saturated heterocycles. The standard InChI is InChI=1S/C16H24O2/c1-12-6-8-16(17,9-7-12)11-14-10-13(2)4-5-15(14)18-3/h4-5,10,12,17H,6-9,11H2,1-3H3. The van der Waals surface area contributed by atoms with Crippen LogP contribution in [0.3, 0.4) is 0 Å². The van der Waals surface area contributed by atoms with E-state index < -0.39 is 5.60 Å². The highest BCUT2D eigenvalue weighted by Crippen LogP contribution is 2.36. The topological polar surface area (TPSA) is 29.5 Å². The molecule has 0 atom stereocenters. The molecule has 0 aromatic heterocycles. The minimum absolute atomic E-state index is 0.534. The van der Waals surface area contributed by atoms with Crippen molar-refractivity contribution in [2.75, 3.05) is 7.11 Å². The summed E-state index contributed by atoms with van der Waals surface area (Å²) in [7, 11) is 1.70. The molecule has 2 rings (SSSR count). The van der Waals surface area contributed by atoms with Gasteiger partial charge in [-0.05, 0) is 50.2 Å². The van der Waals surface area contributed by atoms with Gasteiger partial charge in [-0.25, -0.2) is 0 Å². The quantitative estimate of drug-likeness (QED) is 0.887. The Morgan fingerprint density at radius 1 is 1.33 bits per heavy atom. The minimum atomic E-state index is -0.534. The molecule has 1 aliphatic carbocycles.